The molecule has 5 rings (SSSR count). The van der Waals surface area contributed by atoms with Crippen LogP contribution < -0.4 is 0 Å². The first-order chi connectivity index (χ1) is 20.9. The van der Waals surface area contributed by atoms with Crippen molar-refractivity contribution in [1.82, 2.24) is 15.0 Å². The molecule has 4 aromatic carbocycles. The van der Waals surface area contributed by atoms with Crippen LogP contribution in [0.4, 0.5) is 0 Å². The van der Waals surface area contributed by atoms with Crippen LogP contribution in [0, 0.1) is 0 Å². The second-order valence-corrected chi connectivity index (χ2v) is 5.84. The van der Waals surface area contributed by atoms with Gasteiger partial charge in [-0.25, -0.2) is 4.98 Å². The Morgan fingerprint density at radius 1 is 0.517 bits per heavy atom. The van der Waals surface area contributed by atoms with Gasteiger partial charge in [-0.3, -0.25) is 0 Å². The number of aromatic nitrogens is 3. The number of halogens is 1. The van der Waals surface area contributed by atoms with Crippen molar-refractivity contribution in [3.05, 3.63) is 102 Å². The summed E-state index contributed by atoms with van der Waals surface area (Å²) in [5.41, 5.74) is -2.08. The van der Waals surface area contributed by atoms with Crippen LogP contribution in [0.3, 0.4) is 0 Å². The summed E-state index contributed by atoms with van der Waals surface area (Å²) < 4.78 is 133. The van der Waals surface area contributed by atoms with E-state index in [1.165, 1.54) is 0 Å². The third-order valence-electron chi connectivity index (χ3n) is 3.68. The van der Waals surface area contributed by atoms with Crippen molar-refractivity contribution in [2.45, 2.75) is 0 Å². The predicted molar refractivity (Wildman–Crippen MR) is 119 cm³/mol. The van der Waals surface area contributed by atoms with Gasteiger partial charge in [0.25, 0.3) is 0 Å². The second-order valence-electron chi connectivity index (χ2n) is 5.50. The SMILES string of the molecule is [2H]c1c([2H])c([2H])c(-c2nc(Cl)nc(-c3c([2H])c([2H])c4c([2H])c(-c5c([2H])c([2H])c([2H])c([2H])c5[2H])c([2H])c([2H])c4c3[2H])n2)c([2H])c1[2H]. The molecule has 0 N–H and O–H groups in total. The summed E-state index contributed by atoms with van der Waals surface area (Å²) in [7, 11) is 0. The van der Waals surface area contributed by atoms with Gasteiger partial charge >= 0.3 is 0 Å². The highest BCUT2D eigenvalue weighted by atomic mass is 35.5. The van der Waals surface area contributed by atoms with Gasteiger partial charge in [0, 0.05) is 11.1 Å². The van der Waals surface area contributed by atoms with Gasteiger partial charge in [-0.2, -0.15) is 9.97 Å². The Hall–Kier alpha value is -3.56. The Labute approximate surface area is 196 Å². The molecule has 4 heteroatoms. The third-order valence-corrected chi connectivity index (χ3v) is 3.85. The minimum atomic E-state index is -0.781. The molecule has 0 amide bonds. The average Bonchev–Trinajstić information content (AvgIpc) is 2.99. The number of rotatable bonds is 3. The van der Waals surface area contributed by atoms with Gasteiger partial charge in [0.15, 0.2) is 11.6 Å². The second kappa shape index (κ2) is 7.46. The number of nitrogens with zero attached hydrogens (tertiary/aromatic N) is 3. The van der Waals surface area contributed by atoms with E-state index < -0.39 is 147 Å². The van der Waals surface area contributed by atoms with E-state index in [1.807, 2.05) is 0 Å². The summed E-state index contributed by atoms with van der Waals surface area (Å²) in [5, 5.41) is -1.52. The van der Waals surface area contributed by atoms with Crippen LogP contribution in [0.15, 0.2) is 96.7 Å². The van der Waals surface area contributed by atoms with E-state index in [4.69, 9.17) is 33.5 Å². The fourth-order valence-electron chi connectivity index (χ4n) is 2.42. The first kappa shape index (κ1) is 7.36. The standard InChI is InChI=1S/C25H16ClN3/c26-25-28-23(18-9-5-2-6-10-18)27-24(29-25)22-14-13-20-15-19(11-12-21(20)16-22)17-7-3-1-4-8-17/h1-16H/i1D,2D,3D,4D,5D,6D,7D,8D,9D,10D,11D,12D,13D,14D,15D,16D. The predicted octanol–water partition coefficient (Wildman–Crippen LogP) is 6.68. The highest BCUT2D eigenvalue weighted by molar-refractivity contribution is 6.28. The van der Waals surface area contributed by atoms with Crippen LogP contribution in [0.1, 0.15) is 21.9 Å². The molecule has 1 aromatic heterocycles. The molecule has 3 nitrogen and oxygen atoms in total. The van der Waals surface area contributed by atoms with Gasteiger partial charge in [-0.1, -0.05) is 84.6 Å². The van der Waals surface area contributed by atoms with Crippen molar-refractivity contribution in [3.63, 3.8) is 0 Å². The highest BCUT2D eigenvalue weighted by Crippen LogP contribution is 2.28. The van der Waals surface area contributed by atoms with E-state index in [2.05, 4.69) is 15.0 Å². The summed E-state index contributed by atoms with van der Waals surface area (Å²) >= 11 is 6.10. The Kier molecular flexibility index (Phi) is 1.89. The third kappa shape index (κ3) is 3.60. The Bertz CT molecular complexity index is 2100. The van der Waals surface area contributed by atoms with Crippen LogP contribution in [0.5, 0.6) is 0 Å². The average molecular weight is 410 g/mol. The molecule has 0 saturated heterocycles. The molecule has 29 heavy (non-hydrogen) atoms. The summed E-state index contributed by atoms with van der Waals surface area (Å²) in [4.78, 5) is 11.9. The fraction of sp³-hybridized carbons (Fsp3) is 0. The molecule has 0 aliphatic carbocycles. The normalized spacial score (nSPS) is 18.7. The number of hydrogen-bond acceptors (Lipinski definition) is 3. The topological polar surface area (TPSA) is 38.7 Å². The van der Waals surface area contributed by atoms with Gasteiger partial charge in [-0.15, -0.1) is 0 Å². The molecule has 1 heterocycles. The Balaban J connectivity index is 1.87. The lowest BCUT2D eigenvalue weighted by atomic mass is 10.00. The van der Waals surface area contributed by atoms with Crippen molar-refractivity contribution in [2.24, 2.45) is 0 Å². The molecule has 0 saturated carbocycles. The van der Waals surface area contributed by atoms with Crippen LogP contribution in [-0.4, -0.2) is 15.0 Å². The van der Waals surface area contributed by atoms with E-state index in [9.17, 15) is 0 Å². The smallest absolute Gasteiger partial charge is 0.208 e. The van der Waals surface area contributed by atoms with Crippen molar-refractivity contribution in [2.75, 3.05) is 0 Å². The van der Waals surface area contributed by atoms with E-state index in [1.54, 1.807) is 0 Å². The molecule has 0 spiro atoms. The van der Waals surface area contributed by atoms with Crippen molar-refractivity contribution < 1.29 is 21.9 Å². The lowest BCUT2D eigenvalue weighted by molar-refractivity contribution is 1.07. The molecule has 0 aliphatic rings. The van der Waals surface area contributed by atoms with E-state index in [-0.39, 0.29) is 0 Å². The Morgan fingerprint density at radius 3 is 1.69 bits per heavy atom. The summed E-state index contributed by atoms with van der Waals surface area (Å²) in [6.45, 7) is 0. The molecule has 0 radical (unpaired) electrons. The van der Waals surface area contributed by atoms with Gasteiger partial charge in [0.2, 0.25) is 5.28 Å². The first-order valence-corrected chi connectivity index (χ1v) is 8.41. The van der Waals surface area contributed by atoms with E-state index in [0.717, 1.165) is 0 Å². The van der Waals surface area contributed by atoms with E-state index >= 15 is 0 Å². The van der Waals surface area contributed by atoms with Crippen molar-refractivity contribution in [1.29, 1.82) is 0 Å². The lowest BCUT2D eigenvalue weighted by Gasteiger charge is -2.08. The zero-order chi connectivity index (χ0) is 33.6. The quantitative estimate of drug-likeness (QED) is 0.333. The lowest BCUT2D eigenvalue weighted by Crippen LogP contribution is -1.97. The largest absolute Gasteiger partial charge is 0.226 e. The first-order valence-electron chi connectivity index (χ1n) is 16.0. The van der Waals surface area contributed by atoms with Crippen LogP contribution in [0.2, 0.25) is 5.28 Å². The molecule has 0 aliphatic heterocycles. The number of fused-ring (bicyclic) bond motifs is 1. The maximum absolute atomic E-state index is 8.88. The van der Waals surface area contributed by atoms with Crippen LogP contribution in [0.25, 0.3) is 44.7 Å². The minimum absolute atomic E-state index is 0.456. The van der Waals surface area contributed by atoms with Gasteiger partial charge in [0.1, 0.15) is 0 Å². The molecular weight excluding hydrogens is 378 g/mol. The maximum Gasteiger partial charge on any atom is 0.226 e. The van der Waals surface area contributed by atoms with Crippen molar-refractivity contribution >= 4 is 22.4 Å². The fourth-order valence-corrected chi connectivity index (χ4v) is 2.58. The molecule has 0 fully saturated rings. The molecule has 0 atom stereocenters. The van der Waals surface area contributed by atoms with Crippen molar-refractivity contribution in [3.8, 4) is 33.9 Å². The van der Waals surface area contributed by atoms with Crippen LogP contribution in [-0.2, 0) is 0 Å². The van der Waals surface area contributed by atoms with Gasteiger partial charge < -0.3 is 0 Å². The monoisotopic (exact) mass is 409 g/mol. The number of benzene rings is 4. The summed E-state index contributed by atoms with van der Waals surface area (Å²) in [6.07, 6.45) is 0. The van der Waals surface area contributed by atoms with E-state index in [0.29, 0.717) is 0 Å². The molecule has 0 bridgehead atoms. The maximum atomic E-state index is 8.88. The van der Waals surface area contributed by atoms with Crippen LogP contribution >= 0.6 is 11.6 Å². The molecular formula is C25H16ClN3. The molecule has 5 aromatic rings. The molecule has 0 unspecified atom stereocenters. The summed E-state index contributed by atoms with van der Waals surface area (Å²) in [5.74, 6) is -1.04. The zero-order valence-corrected chi connectivity index (χ0v) is 15.0. The zero-order valence-electron chi connectivity index (χ0n) is 30.2. The van der Waals surface area contributed by atoms with Gasteiger partial charge in [0.05, 0.1) is 21.9 Å². The number of hydrogen-bond donors (Lipinski definition) is 0. The Morgan fingerprint density at radius 2 is 1.03 bits per heavy atom. The minimum Gasteiger partial charge on any atom is -0.208 e. The molecule has 138 valence electrons. The van der Waals surface area contributed by atoms with Gasteiger partial charge in [-0.05, 0) is 45.6 Å². The summed E-state index contributed by atoms with van der Waals surface area (Å²) in [6, 6.07) is -11.6. The highest BCUT2D eigenvalue weighted by Gasteiger charge is 2.10.